The lowest BCUT2D eigenvalue weighted by Crippen LogP contribution is -2.41. The second-order valence-electron chi connectivity index (χ2n) is 9.26. The van der Waals surface area contributed by atoms with Crippen molar-refractivity contribution in [2.24, 2.45) is 5.92 Å². The van der Waals surface area contributed by atoms with Crippen molar-refractivity contribution in [3.8, 4) is 5.75 Å². The number of carbonyl (C=O) groups excluding carboxylic acids is 3. The molecule has 35 heavy (non-hydrogen) atoms. The van der Waals surface area contributed by atoms with Crippen molar-refractivity contribution >= 4 is 17.8 Å². The van der Waals surface area contributed by atoms with Crippen LogP contribution in [0.4, 0.5) is 0 Å². The number of rotatable bonds is 6. The molecule has 2 aromatic carbocycles. The zero-order valence-corrected chi connectivity index (χ0v) is 20.6. The predicted octanol–water partition coefficient (Wildman–Crippen LogP) is 4.13. The molecule has 186 valence electrons. The summed E-state index contributed by atoms with van der Waals surface area (Å²) < 4.78 is 10.3. The van der Waals surface area contributed by atoms with Crippen molar-refractivity contribution in [1.29, 1.82) is 0 Å². The van der Waals surface area contributed by atoms with Gasteiger partial charge in [0.25, 0.3) is 11.8 Å². The average Bonchev–Trinajstić information content (AvgIpc) is 2.92. The molecule has 2 aliphatic rings. The Morgan fingerprint density at radius 2 is 1.60 bits per heavy atom. The first-order valence-corrected chi connectivity index (χ1v) is 12.5. The molecule has 7 nitrogen and oxygen atoms in total. The van der Waals surface area contributed by atoms with Crippen LogP contribution in [-0.2, 0) is 9.53 Å². The Kier molecular flexibility index (Phi) is 8.06. The fourth-order valence-corrected chi connectivity index (χ4v) is 5.04. The van der Waals surface area contributed by atoms with Crippen LogP contribution in [0, 0.1) is 5.92 Å². The number of benzene rings is 2. The molecule has 0 saturated carbocycles. The topological polar surface area (TPSA) is 76.2 Å². The zero-order valence-electron chi connectivity index (χ0n) is 20.6. The number of piperidine rings is 2. The summed E-state index contributed by atoms with van der Waals surface area (Å²) in [6.45, 7) is 4.67. The SMILES string of the molecule is CCOC(=O)C1CCN(C(=O)c2cccc(C3CCCN(C(=O)c4ccc(OC)cc4)C3)c2)CC1. The smallest absolute Gasteiger partial charge is 0.309 e. The highest BCUT2D eigenvalue weighted by atomic mass is 16.5. The van der Waals surface area contributed by atoms with Crippen molar-refractivity contribution in [2.45, 2.75) is 38.5 Å². The van der Waals surface area contributed by atoms with Crippen LogP contribution >= 0.6 is 0 Å². The molecule has 2 aliphatic heterocycles. The fourth-order valence-electron chi connectivity index (χ4n) is 5.04. The Hall–Kier alpha value is -3.35. The Morgan fingerprint density at radius 3 is 2.29 bits per heavy atom. The number of methoxy groups -OCH3 is 1. The summed E-state index contributed by atoms with van der Waals surface area (Å²) in [7, 11) is 1.61. The number of esters is 1. The molecule has 4 rings (SSSR count). The van der Waals surface area contributed by atoms with Crippen LogP contribution in [0.25, 0.3) is 0 Å². The van der Waals surface area contributed by atoms with Gasteiger partial charge in [-0.2, -0.15) is 0 Å². The van der Waals surface area contributed by atoms with Gasteiger partial charge in [0.15, 0.2) is 0 Å². The van der Waals surface area contributed by atoms with Crippen LogP contribution in [0.5, 0.6) is 5.75 Å². The maximum atomic E-state index is 13.2. The first-order chi connectivity index (χ1) is 17.0. The molecule has 0 aromatic heterocycles. The van der Waals surface area contributed by atoms with Crippen LogP contribution in [0.1, 0.15) is 64.8 Å². The van der Waals surface area contributed by atoms with Gasteiger partial charge in [0.2, 0.25) is 0 Å². The van der Waals surface area contributed by atoms with Gasteiger partial charge in [0.1, 0.15) is 5.75 Å². The monoisotopic (exact) mass is 478 g/mol. The molecule has 1 unspecified atom stereocenters. The summed E-state index contributed by atoms with van der Waals surface area (Å²) in [5, 5.41) is 0. The summed E-state index contributed by atoms with van der Waals surface area (Å²) >= 11 is 0. The molecular weight excluding hydrogens is 444 g/mol. The number of amides is 2. The number of hydrogen-bond acceptors (Lipinski definition) is 5. The molecular formula is C28H34N2O5. The molecule has 2 heterocycles. The molecule has 2 fully saturated rings. The summed E-state index contributed by atoms with van der Waals surface area (Å²) in [4.78, 5) is 42.0. The predicted molar refractivity (Wildman–Crippen MR) is 133 cm³/mol. The molecule has 2 amide bonds. The van der Waals surface area contributed by atoms with Crippen LogP contribution < -0.4 is 4.74 Å². The van der Waals surface area contributed by atoms with Crippen LogP contribution in [-0.4, -0.2) is 67.5 Å². The molecule has 0 radical (unpaired) electrons. The van der Waals surface area contributed by atoms with E-state index >= 15 is 0 Å². The average molecular weight is 479 g/mol. The number of hydrogen-bond donors (Lipinski definition) is 0. The van der Waals surface area contributed by atoms with E-state index in [0.717, 1.165) is 30.7 Å². The van der Waals surface area contributed by atoms with Crippen molar-refractivity contribution in [1.82, 2.24) is 9.80 Å². The number of ether oxygens (including phenoxy) is 2. The lowest BCUT2D eigenvalue weighted by Gasteiger charge is -2.34. The van der Waals surface area contributed by atoms with Crippen molar-refractivity contribution in [3.63, 3.8) is 0 Å². The molecule has 1 atom stereocenters. The van der Waals surface area contributed by atoms with Crippen molar-refractivity contribution in [3.05, 3.63) is 65.2 Å². The minimum atomic E-state index is -0.160. The maximum absolute atomic E-state index is 13.2. The first-order valence-electron chi connectivity index (χ1n) is 12.5. The molecule has 2 aromatic rings. The third-order valence-electron chi connectivity index (χ3n) is 7.05. The van der Waals surface area contributed by atoms with Crippen molar-refractivity contribution in [2.75, 3.05) is 39.9 Å². The lowest BCUT2D eigenvalue weighted by atomic mass is 9.89. The Balaban J connectivity index is 1.39. The largest absolute Gasteiger partial charge is 0.497 e. The van der Waals surface area contributed by atoms with Gasteiger partial charge >= 0.3 is 5.97 Å². The minimum Gasteiger partial charge on any atom is -0.497 e. The van der Waals surface area contributed by atoms with E-state index in [9.17, 15) is 14.4 Å². The third kappa shape index (κ3) is 5.84. The van der Waals surface area contributed by atoms with E-state index in [0.29, 0.717) is 50.2 Å². The fraction of sp³-hybridized carbons (Fsp3) is 0.464. The highest BCUT2D eigenvalue weighted by Crippen LogP contribution is 2.29. The van der Waals surface area contributed by atoms with Gasteiger partial charge in [-0.05, 0) is 74.6 Å². The Labute approximate surface area is 207 Å². The summed E-state index contributed by atoms with van der Waals surface area (Å²) in [5.74, 6) is 0.650. The molecule has 2 saturated heterocycles. The summed E-state index contributed by atoms with van der Waals surface area (Å²) in [6.07, 6.45) is 3.17. The number of nitrogens with zero attached hydrogens (tertiary/aromatic N) is 2. The molecule has 0 spiro atoms. The second kappa shape index (κ2) is 11.4. The Morgan fingerprint density at radius 1 is 0.886 bits per heavy atom. The highest BCUT2D eigenvalue weighted by molar-refractivity contribution is 5.95. The summed E-state index contributed by atoms with van der Waals surface area (Å²) in [5.41, 5.74) is 2.40. The van der Waals surface area contributed by atoms with Gasteiger partial charge in [0.05, 0.1) is 19.6 Å². The normalized spacial score (nSPS) is 18.7. The highest BCUT2D eigenvalue weighted by Gasteiger charge is 2.30. The van der Waals surface area contributed by atoms with Crippen LogP contribution in [0.3, 0.4) is 0 Å². The van der Waals surface area contributed by atoms with Gasteiger partial charge in [0, 0.05) is 43.2 Å². The van der Waals surface area contributed by atoms with E-state index in [1.54, 1.807) is 31.4 Å². The number of likely N-dealkylation sites (tertiary alicyclic amines) is 2. The van der Waals surface area contributed by atoms with E-state index in [-0.39, 0.29) is 29.6 Å². The summed E-state index contributed by atoms with van der Waals surface area (Å²) in [6, 6.07) is 15.0. The van der Waals surface area contributed by atoms with Gasteiger partial charge in [-0.15, -0.1) is 0 Å². The number of carbonyl (C=O) groups is 3. The third-order valence-corrected chi connectivity index (χ3v) is 7.05. The second-order valence-corrected chi connectivity index (χ2v) is 9.26. The van der Waals surface area contributed by atoms with E-state index in [1.165, 1.54) is 0 Å². The van der Waals surface area contributed by atoms with E-state index < -0.39 is 0 Å². The molecule has 7 heteroatoms. The van der Waals surface area contributed by atoms with E-state index in [1.807, 2.05) is 34.9 Å². The minimum absolute atomic E-state index is 0.00358. The van der Waals surface area contributed by atoms with Gasteiger partial charge < -0.3 is 19.3 Å². The van der Waals surface area contributed by atoms with Crippen molar-refractivity contribution < 1.29 is 23.9 Å². The first kappa shape index (κ1) is 24.8. The van der Waals surface area contributed by atoms with E-state index in [4.69, 9.17) is 9.47 Å². The Bertz CT molecular complexity index is 1040. The lowest BCUT2D eigenvalue weighted by molar-refractivity contribution is -0.149. The zero-order chi connectivity index (χ0) is 24.8. The van der Waals surface area contributed by atoms with Crippen LogP contribution in [0.2, 0.25) is 0 Å². The molecule has 0 N–H and O–H groups in total. The van der Waals surface area contributed by atoms with E-state index in [2.05, 4.69) is 6.07 Å². The van der Waals surface area contributed by atoms with Gasteiger partial charge in [-0.3, -0.25) is 14.4 Å². The van der Waals surface area contributed by atoms with Crippen LogP contribution in [0.15, 0.2) is 48.5 Å². The van der Waals surface area contributed by atoms with Gasteiger partial charge in [-0.25, -0.2) is 0 Å². The maximum Gasteiger partial charge on any atom is 0.309 e. The molecule has 0 aliphatic carbocycles. The van der Waals surface area contributed by atoms with Gasteiger partial charge in [-0.1, -0.05) is 12.1 Å². The molecule has 0 bridgehead atoms. The standard InChI is InChI=1S/C28H34N2O5/c1-3-35-28(33)21-13-16-29(17-14-21)27(32)23-7-4-6-22(18-23)24-8-5-15-30(19-24)26(31)20-9-11-25(34-2)12-10-20/h4,6-7,9-12,18,21,24H,3,5,8,13-17,19H2,1-2H3. The quantitative estimate of drug-likeness (QED) is 0.584.